The van der Waals surface area contributed by atoms with Crippen LogP contribution in [0.2, 0.25) is 0 Å². The van der Waals surface area contributed by atoms with Crippen LogP contribution in [-0.4, -0.2) is 20.1 Å². The fourth-order valence-corrected chi connectivity index (χ4v) is 1.11. The lowest BCUT2D eigenvalue weighted by molar-refractivity contribution is -0.886. The van der Waals surface area contributed by atoms with E-state index in [-0.39, 0.29) is 12.4 Å². The summed E-state index contributed by atoms with van der Waals surface area (Å²) in [5.41, 5.74) is 0. The van der Waals surface area contributed by atoms with E-state index in [1.54, 1.807) is 4.90 Å². The van der Waals surface area contributed by atoms with Crippen LogP contribution in [0.4, 0.5) is 0 Å². The van der Waals surface area contributed by atoms with Crippen molar-refractivity contribution in [1.29, 1.82) is 0 Å². The lowest BCUT2D eigenvalue weighted by Gasteiger charge is -2.17. The summed E-state index contributed by atoms with van der Waals surface area (Å²) < 4.78 is 0. The first-order valence-electron chi connectivity index (χ1n) is 3.52. The van der Waals surface area contributed by atoms with Crippen molar-refractivity contribution in [2.24, 2.45) is 0 Å². The third-order valence-electron chi connectivity index (χ3n) is 1.80. The highest BCUT2D eigenvalue weighted by molar-refractivity contribution is 4.45. The van der Waals surface area contributed by atoms with Gasteiger partial charge in [0.05, 0.1) is 20.1 Å². The van der Waals surface area contributed by atoms with Crippen LogP contribution < -0.4 is 17.3 Å². The van der Waals surface area contributed by atoms with E-state index in [1.807, 2.05) is 0 Å². The molecule has 1 N–H and O–H groups in total. The molecule has 0 aliphatic carbocycles. The molecular weight excluding hydrogens is 134 g/mol. The van der Waals surface area contributed by atoms with E-state index in [1.165, 1.54) is 12.8 Å². The highest BCUT2D eigenvalue weighted by Crippen LogP contribution is 1.88. The highest BCUT2D eigenvalue weighted by atomic mass is 35.5. The fourth-order valence-electron chi connectivity index (χ4n) is 1.11. The first-order valence-corrected chi connectivity index (χ1v) is 3.52. The van der Waals surface area contributed by atoms with Gasteiger partial charge in [0.2, 0.25) is 0 Å². The van der Waals surface area contributed by atoms with Crippen LogP contribution in [-0.2, 0) is 0 Å². The van der Waals surface area contributed by atoms with Crippen LogP contribution in [0.1, 0.15) is 26.7 Å². The average molecular weight is 152 g/mol. The van der Waals surface area contributed by atoms with Gasteiger partial charge in [0.25, 0.3) is 0 Å². The van der Waals surface area contributed by atoms with Gasteiger partial charge in [0.1, 0.15) is 0 Å². The maximum Gasteiger partial charge on any atom is 0.0865 e. The summed E-state index contributed by atoms with van der Waals surface area (Å²) in [7, 11) is 4.44. The first-order chi connectivity index (χ1) is 3.72. The van der Waals surface area contributed by atoms with E-state index >= 15 is 0 Å². The number of nitrogens with one attached hydrogen (secondary N) is 1. The molecule has 0 saturated carbocycles. The zero-order chi connectivity index (χ0) is 6.57. The molecule has 9 heavy (non-hydrogen) atoms. The summed E-state index contributed by atoms with van der Waals surface area (Å²) in [6.45, 7) is 4.50. The molecule has 0 spiro atoms. The Kier molecular flexibility index (Phi) is 8.48. The maximum atomic E-state index is 2.25. The van der Waals surface area contributed by atoms with Crippen LogP contribution in [0.5, 0.6) is 0 Å². The van der Waals surface area contributed by atoms with Crippen LogP contribution in [0.3, 0.4) is 0 Å². The van der Waals surface area contributed by atoms with Gasteiger partial charge in [-0.3, -0.25) is 0 Å². The van der Waals surface area contributed by atoms with Gasteiger partial charge in [-0.05, 0) is 12.8 Å². The summed E-state index contributed by atoms with van der Waals surface area (Å²) in [6, 6.07) is 0.870. The van der Waals surface area contributed by atoms with Crippen molar-refractivity contribution in [2.75, 3.05) is 14.1 Å². The standard InChI is InChI=1S/C7H17N.ClH/c1-5-7(6-2)8(3)4;/h7H,5-6H2,1-4H3;1H. The molecule has 0 fully saturated rings. The minimum absolute atomic E-state index is 0. The highest BCUT2D eigenvalue weighted by Gasteiger charge is 2.06. The Bertz CT molecular complexity index is 50.9. The predicted octanol–water partition coefficient (Wildman–Crippen LogP) is -2.68. The topological polar surface area (TPSA) is 4.44 Å². The molecule has 0 aliphatic heterocycles. The number of halogens is 1. The second kappa shape index (κ2) is 6.37. The molecule has 2 heteroatoms. The fraction of sp³-hybridized carbons (Fsp3) is 1.00. The molecule has 0 heterocycles. The van der Waals surface area contributed by atoms with E-state index in [9.17, 15) is 0 Å². The van der Waals surface area contributed by atoms with Gasteiger partial charge in [0.15, 0.2) is 0 Å². The Balaban J connectivity index is 0. The van der Waals surface area contributed by atoms with Gasteiger partial charge in [0, 0.05) is 0 Å². The summed E-state index contributed by atoms with van der Waals surface area (Å²) in [5.74, 6) is 0. The third kappa shape index (κ3) is 4.73. The first kappa shape index (κ1) is 12.0. The Labute approximate surface area is 64.8 Å². The quantitative estimate of drug-likeness (QED) is 0.449. The maximum absolute atomic E-state index is 2.25. The average Bonchev–Trinajstić information content (AvgIpc) is 1.69. The lowest BCUT2D eigenvalue weighted by atomic mass is 10.1. The monoisotopic (exact) mass is 151 g/mol. The zero-order valence-corrected chi connectivity index (χ0v) is 7.63. The van der Waals surface area contributed by atoms with Crippen molar-refractivity contribution in [2.45, 2.75) is 32.7 Å². The van der Waals surface area contributed by atoms with Gasteiger partial charge in [-0.15, -0.1) is 0 Å². The SMILES string of the molecule is CCC(CC)[NH+](C)C.[Cl-]. The number of hydrogen-bond donors (Lipinski definition) is 1. The van der Waals surface area contributed by atoms with Crippen molar-refractivity contribution in [1.82, 2.24) is 0 Å². The van der Waals surface area contributed by atoms with Gasteiger partial charge in [-0.1, -0.05) is 13.8 Å². The zero-order valence-electron chi connectivity index (χ0n) is 6.87. The summed E-state index contributed by atoms with van der Waals surface area (Å²) in [5, 5.41) is 0. The van der Waals surface area contributed by atoms with Crippen LogP contribution in [0.15, 0.2) is 0 Å². The van der Waals surface area contributed by atoms with Crippen molar-refractivity contribution < 1.29 is 17.3 Å². The lowest BCUT2D eigenvalue weighted by Crippen LogP contribution is -3.09. The molecular formula is C7H18ClN. The molecule has 0 rings (SSSR count). The van der Waals surface area contributed by atoms with Crippen molar-refractivity contribution in [3.05, 3.63) is 0 Å². The smallest absolute Gasteiger partial charge is 0.0865 e. The number of quaternary nitrogens is 1. The number of rotatable bonds is 3. The molecule has 0 aromatic heterocycles. The van der Waals surface area contributed by atoms with Gasteiger partial charge < -0.3 is 17.3 Å². The molecule has 1 nitrogen and oxygen atoms in total. The van der Waals surface area contributed by atoms with E-state index in [2.05, 4.69) is 27.9 Å². The third-order valence-corrected chi connectivity index (χ3v) is 1.80. The molecule has 0 aliphatic rings. The molecule has 0 bridgehead atoms. The minimum atomic E-state index is 0. The van der Waals surface area contributed by atoms with E-state index in [4.69, 9.17) is 0 Å². The molecule has 0 radical (unpaired) electrons. The molecule has 0 saturated heterocycles. The summed E-state index contributed by atoms with van der Waals surface area (Å²) >= 11 is 0. The van der Waals surface area contributed by atoms with Gasteiger partial charge in [-0.25, -0.2) is 0 Å². The minimum Gasteiger partial charge on any atom is -1.00 e. The van der Waals surface area contributed by atoms with E-state index in [0.29, 0.717) is 0 Å². The molecule has 0 unspecified atom stereocenters. The van der Waals surface area contributed by atoms with Gasteiger partial charge >= 0.3 is 0 Å². The van der Waals surface area contributed by atoms with Crippen LogP contribution in [0, 0.1) is 0 Å². The molecule has 0 atom stereocenters. The van der Waals surface area contributed by atoms with Crippen molar-refractivity contribution in [3.8, 4) is 0 Å². The van der Waals surface area contributed by atoms with Crippen molar-refractivity contribution >= 4 is 0 Å². The predicted molar refractivity (Wildman–Crippen MR) is 37.2 cm³/mol. The largest absolute Gasteiger partial charge is 1.00 e. The Morgan fingerprint density at radius 2 is 1.44 bits per heavy atom. The Hall–Kier alpha value is 0.250. The van der Waals surface area contributed by atoms with Gasteiger partial charge in [-0.2, -0.15) is 0 Å². The summed E-state index contributed by atoms with van der Waals surface area (Å²) in [4.78, 5) is 1.58. The molecule has 0 amide bonds. The second-order valence-corrected chi connectivity index (χ2v) is 2.59. The molecule has 0 aromatic rings. The normalized spacial score (nSPS) is 10.0. The Morgan fingerprint density at radius 1 is 1.11 bits per heavy atom. The van der Waals surface area contributed by atoms with Crippen molar-refractivity contribution in [3.63, 3.8) is 0 Å². The molecule has 0 aromatic carbocycles. The Morgan fingerprint density at radius 3 is 1.44 bits per heavy atom. The summed E-state index contributed by atoms with van der Waals surface area (Å²) in [6.07, 6.45) is 2.61. The van der Waals surface area contributed by atoms with Crippen LogP contribution >= 0.6 is 0 Å². The second-order valence-electron chi connectivity index (χ2n) is 2.59. The van der Waals surface area contributed by atoms with E-state index < -0.39 is 0 Å². The van der Waals surface area contributed by atoms with Crippen LogP contribution in [0.25, 0.3) is 0 Å². The van der Waals surface area contributed by atoms with E-state index in [0.717, 1.165) is 6.04 Å². The molecule has 58 valence electrons. The number of hydrogen-bond acceptors (Lipinski definition) is 0.